The normalized spacial score (nSPS) is 25.0. The van der Waals surface area contributed by atoms with Crippen molar-refractivity contribution in [1.29, 1.82) is 0 Å². The van der Waals surface area contributed by atoms with Gasteiger partial charge in [0.05, 0.1) is 5.02 Å². The molecule has 0 amide bonds. The van der Waals surface area contributed by atoms with E-state index in [2.05, 4.69) is 31.2 Å². The molecule has 0 N–H and O–H groups in total. The highest BCUT2D eigenvalue weighted by Gasteiger charge is 2.25. The van der Waals surface area contributed by atoms with Gasteiger partial charge in [-0.1, -0.05) is 126 Å². The van der Waals surface area contributed by atoms with Gasteiger partial charge in [-0.3, -0.25) is 0 Å². The third-order valence-electron chi connectivity index (χ3n) is 9.15. The van der Waals surface area contributed by atoms with Crippen LogP contribution >= 0.6 is 11.6 Å². The highest BCUT2D eigenvalue weighted by molar-refractivity contribution is 6.30. The smallest absolute Gasteiger partial charge is 0.142 e. The summed E-state index contributed by atoms with van der Waals surface area (Å²) in [5.41, 5.74) is 3.40. The molecule has 4 rings (SSSR count). The third-order valence-corrected chi connectivity index (χ3v) is 9.45. The second kappa shape index (κ2) is 13.8. The molecule has 2 saturated carbocycles. The summed E-state index contributed by atoms with van der Waals surface area (Å²) in [6, 6.07) is 13.9. The van der Waals surface area contributed by atoms with Crippen molar-refractivity contribution in [1.82, 2.24) is 0 Å². The summed E-state index contributed by atoms with van der Waals surface area (Å²) in [6.45, 7) is 2.31. The fourth-order valence-electron chi connectivity index (χ4n) is 6.72. The Morgan fingerprint density at radius 2 is 1.20 bits per heavy atom. The summed E-state index contributed by atoms with van der Waals surface area (Å²) in [5.74, 6) is 3.33. The van der Waals surface area contributed by atoms with Gasteiger partial charge < -0.3 is 0 Å². The Morgan fingerprint density at radius 3 is 1.80 bits per heavy atom. The monoisotopic (exact) mass is 496 g/mol. The molecule has 2 aliphatic carbocycles. The number of benzene rings is 2. The predicted octanol–water partition coefficient (Wildman–Crippen LogP) is 11.4. The van der Waals surface area contributed by atoms with Crippen molar-refractivity contribution in [2.45, 2.75) is 116 Å². The molecule has 2 fully saturated rings. The molecule has 35 heavy (non-hydrogen) atoms. The van der Waals surface area contributed by atoms with Gasteiger partial charge in [0.15, 0.2) is 0 Å². The van der Waals surface area contributed by atoms with Crippen LogP contribution in [0.15, 0.2) is 42.5 Å². The van der Waals surface area contributed by atoms with Crippen LogP contribution in [0.1, 0.15) is 121 Å². The molecule has 192 valence electrons. The molecule has 2 aromatic carbocycles. The molecule has 2 aromatic rings. The van der Waals surface area contributed by atoms with Gasteiger partial charge in [0, 0.05) is 0 Å². The second-order valence-electron chi connectivity index (χ2n) is 11.6. The van der Waals surface area contributed by atoms with E-state index in [1.54, 1.807) is 6.07 Å². The summed E-state index contributed by atoms with van der Waals surface area (Å²) >= 11 is 5.83. The van der Waals surface area contributed by atoms with E-state index in [1.165, 1.54) is 114 Å². The standard InChI is InChI=1S/C33H46ClF/c1-2-3-4-5-6-7-25-8-10-26(11-9-25)12-13-27-14-16-28(17-15-27)29-18-20-30(21-19-29)31-22-23-32(34)33(35)24-31/h18-28H,2-17H2,1H3/t25-,26-,27?,28?. The quantitative estimate of drug-likeness (QED) is 0.271. The van der Waals surface area contributed by atoms with E-state index in [1.807, 2.05) is 6.07 Å². The van der Waals surface area contributed by atoms with Gasteiger partial charge in [-0.2, -0.15) is 0 Å². The van der Waals surface area contributed by atoms with E-state index >= 15 is 0 Å². The Bertz CT molecular complexity index is 872. The number of rotatable bonds is 11. The van der Waals surface area contributed by atoms with Crippen molar-refractivity contribution in [2.24, 2.45) is 17.8 Å². The van der Waals surface area contributed by atoms with Crippen LogP contribution in [0.3, 0.4) is 0 Å². The lowest BCUT2D eigenvalue weighted by atomic mass is 9.74. The van der Waals surface area contributed by atoms with E-state index in [9.17, 15) is 4.39 Å². The van der Waals surface area contributed by atoms with E-state index in [4.69, 9.17) is 11.6 Å². The lowest BCUT2D eigenvalue weighted by Crippen LogP contribution is -2.17. The maximum Gasteiger partial charge on any atom is 0.142 e. The molecule has 2 aliphatic rings. The summed E-state index contributed by atoms with van der Waals surface area (Å²) in [4.78, 5) is 0. The fourth-order valence-corrected chi connectivity index (χ4v) is 6.84. The number of hydrogen-bond donors (Lipinski definition) is 0. The zero-order valence-electron chi connectivity index (χ0n) is 21.9. The molecule has 0 nitrogen and oxygen atoms in total. The van der Waals surface area contributed by atoms with E-state index < -0.39 is 0 Å². The minimum absolute atomic E-state index is 0.183. The zero-order valence-corrected chi connectivity index (χ0v) is 22.7. The molecule has 0 bridgehead atoms. The first-order chi connectivity index (χ1) is 17.1. The second-order valence-corrected chi connectivity index (χ2v) is 12.0. The van der Waals surface area contributed by atoms with Crippen molar-refractivity contribution in [3.05, 3.63) is 58.9 Å². The minimum atomic E-state index is -0.350. The van der Waals surface area contributed by atoms with Gasteiger partial charge >= 0.3 is 0 Å². The van der Waals surface area contributed by atoms with Gasteiger partial charge in [-0.05, 0) is 78.2 Å². The topological polar surface area (TPSA) is 0 Å². The molecule has 0 unspecified atom stereocenters. The number of halogens is 2. The molecular weight excluding hydrogens is 451 g/mol. The maximum absolute atomic E-state index is 13.8. The summed E-state index contributed by atoms with van der Waals surface area (Å²) in [6.07, 6.45) is 23.0. The predicted molar refractivity (Wildman–Crippen MR) is 150 cm³/mol. The van der Waals surface area contributed by atoms with Crippen LogP contribution in [-0.4, -0.2) is 0 Å². The van der Waals surface area contributed by atoms with Crippen molar-refractivity contribution < 1.29 is 4.39 Å². The molecule has 0 heterocycles. The van der Waals surface area contributed by atoms with Gasteiger partial charge in [-0.15, -0.1) is 0 Å². The Kier molecular flexibility index (Phi) is 10.6. The largest absolute Gasteiger partial charge is 0.205 e. The SMILES string of the molecule is CCCCCCC[C@H]1CC[C@H](CCC2CCC(c3ccc(-c4ccc(Cl)c(F)c4)cc3)CC2)CC1. The molecule has 0 radical (unpaired) electrons. The Balaban J connectivity index is 1.13. The number of hydrogen-bond acceptors (Lipinski definition) is 0. The first-order valence-electron chi connectivity index (χ1n) is 14.7. The minimum Gasteiger partial charge on any atom is -0.205 e. The summed E-state index contributed by atoms with van der Waals surface area (Å²) in [5, 5.41) is 0.183. The van der Waals surface area contributed by atoms with Crippen molar-refractivity contribution in [3.63, 3.8) is 0 Å². The van der Waals surface area contributed by atoms with Crippen LogP contribution in [0.4, 0.5) is 4.39 Å². The summed E-state index contributed by atoms with van der Waals surface area (Å²) in [7, 11) is 0. The lowest BCUT2D eigenvalue weighted by molar-refractivity contribution is 0.222. The lowest BCUT2D eigenvalue weighted by Gasteiger charge is -2.32. The van der Waals surface area contributed by atoms with Crippen LogP contribution in [0, 0.1) is 23.6 Å². The van der Waals surface area contributed by atoms with Crippen molar-refractivity contribution >= 4 is 11.6 Å². The fraction of sp³-hybridized carbons (Fsp3) is 0.636. The summed E-state index contributed by atoms with van der Waals surface area (Å²) < 4.78 is 13.8. The Morgan fingerprint density at radius 1 is 0.657 bits per heavy atom. The van der Waals surface area contributed by atoms with Crippen molar-refractivity contribution in [2.75, 3.05) is 0 Å². The van der Waals surface area contributed by atoms with Gasteiger partial charge in [-0.25, -0.2) is 4.39 Å². The highest BCUT2D eigenvalue weighted by atomic mass is 35.5. The highest BCUT2D eigenvalue weighted by Crippen LogP contribution is 2.40. The van der Waals surface area contributed by atoms with Crippen LogP contribution < -0.4 is 0 Å². The molecule has 0 aromatic heterocycles. The van der Waals surface area contributed by atoms with Gasteiger partial charge in [0.1, 0.15) is 5.82 Å². The average molecular weight is 497 g/mol. The average Bonchev–Trinajstić information content (AvgIpc) is 2.90. The van der Waals surface area contributed by atoms with E-state index in [0.717, 1.165) is 28.9 Å². The van der Waals surface area contributed by atoms with E-state index in [-0.39, 0.29) is 10.8 Å². The maximum atomic E-state index is 13.8. The van der Waals surface area contributed by atoms with Crippen LogP contribution in [-0.2, 0) is 0 Å². The number of unbranched alkanes of at least 4 members (excludes halogenated alkanes) is 4. The van der Waals surface area contributed by atoms with E-state index in [0.29, 0.717) is 5.92 Å². The first kappa shape index (κ1) is 26.7. The molecule has 0 atom stereocenters. The molecule has 0 spiro atoms. The van der Waals surface area contributed by atoms with Crippen LogP contribution in [0.25, 0.3) is 11.1 Å². The van der Waals surface area contributed by atoms with Crippen molar-refractivity contribution in [3.8, 4) is 11.1 Å². The van der Waals surface area contributed by atoms with Crippen LogP contribution in [0.2, 0.25) is 5.02 Å². The molecule has 2 heteroatoms. The Hall–Kier alpha value is -1.34. The third kappa shape index (κ3) is 8.08. The van der Waals surface area contributed by atoms with Gasteiger partial charge in [0.2, 0.25) is 0 Å². The molecular formula is C33H46ClF. The molecule has 0 aliphatic heterocycles. The zero-order chi connectivity index (χ0) is 24.5. The Labute approximate surface area is 219 Å². The molecule has 0 saturated heterocycles. The van der Waals surface area contributed by atoms with Crippen LogP contribution in [0.5, 0.6) is 0 Å². The van der Waals surface area contributed by atoms with Gasteiger partial charge in [0.25, 0.3) is 0 Å². The first-order valence-corrected chi connectivity index (χ1v) is 15.1.